The number of nitrogens with zero attached hydrogens (tertiary/aromatic N) is 1. The molecule has 0 saturated heterocycles. The number of aromatic nitrogens is 1. The molecule has 0 aliphatic heterocycles. The van der Waals surface area contributed by atoms with Gasteiger partial charge in [0.1, 0.15) is 0 Å². The van der Waals surface area contributed by atoms with Gasteiger partial charge in [0.15, 0.2) is 5.88 Å². The zero-order valence-electron chi connectivity index (χ0n) is 12.8. The predicted octanol–water partition coefficient (Wildman–Crippen LogP) is 1.94. The van der Waals surface area contributed by atoms with Gasteiger partial charge in [0, 0.05) is 32.7 Å². The van der Waals surface area contributed by atoms with Crippen LogP contribution in [0.4, 0.5) is 0 Å². The standard InChI is InChI=1S/C14H24N2O4S/c1-4-21-11-9-13(18)16(14(11)19)8-6-12(17)15-7-5-10(2)20-3/h9-10,18-19H,4-8H2,1-3H3,(H,15,17). The number of thioether (sulfide) groups is 1. The first-order valence-corrected chi connectivity index (χ1v) is 8.01. The lowest BCUT2D eigenvalue weighted by atomic mass is 10.3. The minimum Gasteiger partial charge on any atom is -0.494 e. The molecule has 0 fully saturated rings. The third kappa shape index (κ3) is 5.51. The fourth-order valence-electron chi connectivity index (χ4n) is 1.82. The van der Waals surface area contributed by atoms with E-state index >= 15 is 0 Å². The van der Waals surface area contributed by atoms with Gasteiger partial charge in [-0.1, -0.05) is 6.92 Å². The summed E-state index contributed by atoms with van der Waals surface area (Å²) in [5, 5.41) is 22.5. The normalized spacial score (nSPS) is 12.3. The molecule has 0 aromatic carbocycles. The summed E-state index contributed by atoms with van der Waals surface area (Å²) < 4.78 is 6.44. The topological polar surface area (TPSA) is 83.7 Å². The summed E-state index contributed by atoms with van der Waals surface area (Å²) in [7, 11) is 1.63. The molecule has 1 rings (SSSR count). The average Bonchev–Trinajstić information content (AvgIpc) is 2.71. The summed E-state index contributed by atoms with van der Waals surface area (Å²) in [6.07, 6.45) is 1.06. The van der Waals surface area contributed by atoms with Crippen LogP contribution >= 0.6 is 11.8 Å². The van der Waals surface area contributed by atoms with Crippen LogP contribution in [-0.2, 0) is 16.1 Å². The largest absolute Gasteiger partial charge is 0.494 e. The second kappa shape index (κ2) is 8.84. The highest BCUT2D eigenvalue weighted by atomic mass is 32.2. The quantitative estimate of drug-likeness (QED) is 0.606. The fourth-order valence-corrected chi connectivity index (χ4v) is 2.56. The number of carbonyl (C=O) groups is 1. The number of hydrogen-bond donors (Lipinski definition) is 3. The highest BCUT2D eigenvalue weighted by molar-refractivity contribution is 7.99. The Morgan fingerprint density at radius 3 is 2.86 bits per heavy atom. The molecule has 1 atom stereocenters. The van der Waals surface area contributed by atoms with Crippen molar-refractivity contribution in [1.29, 1.82) is 0 Å². The van der Waals surface area contributed by atoms with Crippen LogP contribution in [0.5, 0.6) is 11.8 Å². The molecule has 120 valence electrons. The van der Waals surface area contributed by atoms with Crippen LogP contribution in [0.2, 0.25) is 0 Å². The maximum absolute atomic E-state index is 11.7. The molecule has 0 bridgehead atoms. The van der Waals surface area contributed by atoms with Crippen LogP contribution in [0.3, 0.4) is 0 Å². The number of aromatic hydroxyl groups is 2. The third-order valence-corrected chi connectivity index (χ3v) is 4.05. The van der Waals surface area contributed by atoms with Gasteiger partial charge in [-0.25, -0.2) is 0 Å². The number of rotatable bonds is 9. The van der Waals surface area contributed by atoms with Crippen molar-refractivity contribution in [2.75, 3.05) is 19.4 Å². The van der Waals surface area contributed by atoms with E-state index in [2.05, 4.69) is 5.32 Å². The molecular formula is C14H24N2O4S. The molecular weight excluding hydrogens is 292 g/mol. The molecule has 0 spiro atoms. The number of methoxy groups -OCH3 is 1. The Morgan fingerprint density at radius 2 is 2.24 bits per heavy atom. The second-order valence-corrected chi connectivity index (χ2v) is 6.02. The average molecular weight is 316 g/mol. The molecule has 0 aliphatic rings. The van der Waals surface area contributed by atoms with Crippen molar-refractivity contribution in [3.05, 3.63) is 6.07 Å². The van der Waals surface area contributed by atoms with E-state index in [1.165, 1.54) is 22.4 Å². The predicted molar refractivity (Wildman–Crippen MR) is 82.9 cm³/mol. The summed E-state index contributed by atoms with van der Waals surface area (Å²) in [5.74, 6) is 0.676. The van der Waals surface area contributed by atoms with Crippen molar-refractivity contribution < 1.29 is 19.7 Å². The molecule has 0 aliphatic carbocycles. The first-order chi connectivity index (χ1) is 9.99. The second-order valence-electron chi connectivity index (χ2n) is 4.71. The summed E-state index contributed by atoms with van der Waals surface area (Å²) in [6.45, 7) is 4.70. The van der Waals surface area contributed by atoms with Gasteiger partial charge in [0.05, 0.1) is 11.0 Å². The minimum absolute atomic E-state index is 0.0140. The Bertz CT molecular complexity index is 462. The first-order valence-electron chi connectivity index (χ1n) is 7.03. The smallest absolute Gasteiger partial charge is 0.221 e. The van der Waals surface area contributed by atoms with Gasteiger partial charge in [-0.05, 0) is 19.1 Å². The Labute approximate surface area is 129 Å². The lowest BCUT2D eigenvalue weighted by Gasteiger charge is -2.11. The molecule has 3 N–H and O–H groups in total. The molecule has 0 radical (unpaired) electrons. The van der Waals surface area contributed by atoms with Crippen molar-refractivity contribution in [1.82, 2.24) is 9.88 Å². The van der Waals surface area contributed by atoms with Crippen LogP contribution < -0.4 is 5.32 Å². The number of nitrogens with one attached hydrogen (secondary N) is 1. The van der Waals surface area contributed by atoms with Gasteiger partial charge in [-0.2, -0.15) is 0 Å². The van der Waals surface area contributed by atoms with Gasteiger partial charge in [0.25, 0.3) is 0 Å². The summed E-state index contributed by atoms with van der Waals surface area (Å²) in [6, 6.07) is 1.52. The van der Waals surface area contributed by atoms with E-state index in [0.29, 0.717) is 11.4 Å². The molecule has 1 amide bonds. The fraction of sp³-hybridized carbons (Fsp3) is 0.643. The maximum atomic E-state index is 11.7. The van der Waals surface area contributed by atoms with Gasteiger partial charge in [0.2, 0.25) is 11.8 Å². The van der Waals surface area contributed by atoms with Crippen LogP contribution in [-0.4, -0.2) is 46.2 Å². The molecule has 1 aromatic heterocycles. The number of carbonyl (C=O) groups excluding carboxylic acids is 1. The lowest BCUT2D eigenvalue weighted by molar-refractivity contribution is -0.121. The summed E-state index contributed by atoms with van der Waals surface area (Å²) in [5.41, 5.74) is 0. The highest BCUT2D eigenvalue weighted by Gasteiger charge is 2.14. The van der Waals surface area contributed by atoms with Gasteiger partial charge >= 0.3 is 0 Å². The van der Waals surface area contributed by atoms with Crippen LogP contribution in [0.25, 0.3) is 0 Å². The van der Waals surface area contributed by atoms with Crippen molar-refractivity contribution in [2.45, 2.75) is 44.2 Å². The Hall–Kier alpha value is -1.34. The van der Waals surface area contributed by atoms with Gasteiger partial charge in [-0.15, -0.1) is 11.8 Å². The van der Waals surface area contributed by atoms with E-state index < -0.39 is 0 Å². The maximum Gasteiger partial charge on any atom is 0.221 e. The zero-order valence-corrected chi connectivity index (χ0v) is 13.6. The first kappa shape index (κ1) is 17.7. The molecule has 1 unspecified atom stereocenters. The number of amides is 1. The van der Waals surface area contributed by atoms with Gasteiger partial charge in [-0.3, -0.25) is 9.36 Å². The van der Waals surface area contributed by atoms with Crippen molar-refractivity contribution in [2.24, 2.45) is 0 Å². The Kier molecular flexibility index (Phi) is 7.45. The number of ether oxygens (including phenoxy) is 1. The minimum atomic E-state index is -0.115. The van der Waals surface area contributed by atoms with E-state index in [-0.39, 0.29) is 36.7 Å². The van der Waals surface area contributed by atoms with Crippen molar-refractivity contribution in [3.8, 4) is 11.8 Å². The zero-order chi connectivity index (χ0) is 15.8. The number of hydrogen-bond acceptors (Lipinski definition) is 5. The van der Waals surface area contributed by atoms with Crippen LogP contribution in [0.15, 0.2) is 11.0 Å². The SMILES string of the molecule is CCSc1cc(O)n(CCC(=O)NCCC(C)OC)c1O. The third-order valence-electron chi connectivity index (χ3n) is 3.15. The van der Waals surface area contributed by atoms with Crippen molar-refractivity contribution >= 4 is 17.7 Å². The Balaban J connectivity index is 2.42. The van der Waals surface area contributed by atoms with E-state index in [4.69, 9.17) is 4.74 Å². The van der Waals surface area contributed by atoms with E-state index in [1.807, 2.05) is 13.8 Å². The molecule has 6 nitrogen and oxygen atoms in total. The molecule has 1 aromatic rings. The molecule has 0 saturated carbocycles. The monoisotopic (exact) mass is 316 g/mol. The van der Waals surface area contributed by atoms with Crippen molar-refractivity contribution in [3.63, 3.8) is 0 Å². The highest BCUT2D eigenvalue weighted by Crippen LogP contribution is 2.35. The Morgan fingerprint density at radius 1 is 1.52 bits per heavy atom. The summed E-state index contributed by atoms with van der Waals surface area (Å²) in [4.78, 5) is 12.3. The lowest BCUT2D eigenvalue weighted by Crippen LogP contribution is -2.27. The van der Waals surface area contributed by atoms with E-state index in [9.17, 15) is 15.0 Å². The molecule has 21 heavy (non-hydrogen) atoms. The molecule has 1 heterocycles. The van der Waals surface area contributed by atoms with Gasteiger partial charge < -0.3 is 20.3 Å². The van der Waals surface area contributed by atoms with Crippen LogP contribution in [0, 0.1) is 0 Å². The van der Waals surface area contributed by atoms with Crippen LogP contribution in [0.1, 0.15) is 26.7 Å². The summed E-state index contributed by atoms with van der Waals surface area (Å²) >= 11 is 1.45. The van der Waals surface area contributed by atoms with E-state index in [1.54, 1.807) is 7.11 Å². The van der Waals surface area contributed by atoms with E-state index in [0.717, 1.165) is 12.2 Å². The molecule has 7 heteroatoms.